The number of urea groups is 1. The molecule has 0 unspecified atom stereocenters. The van der Waals surface area contributed by atoms with Crippen molar-refractivity contribution in [1.29, 1.82) is 0 Å². The van der Waals surface area contributed by atoms with Crippen LogP contribution in [0.25, 0.3) is 0 Å². The molecule has 1 aliphatic rings. The predicted octanol–water partition coefficient (Wildman–Crippen LogP) is 1.88. The molecular weight excluding hydrogens is 280 g/mol. The zero-order valence-corrected chi connectivity index (χ0v) is 10.8. The Bertz CT molecular complexity index is 701. The van der Waals surface area contributed by atoms with Crippen LogP contribution in [0.5, 0.6) is 0 Å². The molecule has 0 atom stereocenters. The fourth-order valence-electron chi connectivity index (χ4n) is 2.12. The summed E-state index contributed by atoms with van der Waals surface area (Å²) in [6.07, 6.45) is 1.54. The first-order chi connectivity index (χ1) is 10.0. The fourth-order valence-corrected chi connectivity index (χ4v) is 2.12. The lowest BCUT2D eigenvalue weighted by atomic mass is 10.3. The van der Waals surface area contributed by atoms with Crippen molar-refractivity contribution in [3.8, 4) is 0 Å². The third kappa shape index (κ3) is 2.47. The van der Waals surface area contributed by atoms with Crippen LogP contribution in [0.2, 0.25) is 0 Å². The summed E-state index contributed by atoms with van der Waals surface area (Å²) < 4.78 is 27.0. The van der Waals surface area contributed by atoms with Gasteiger partial charge in [-0.05, 0) is 12.1 Å². The number of para-hydroxylation sites is 1. The molecule has 8 heteroatoms. The molecule has 108 valence electrons. The number of aromatic nitrogens is 2. The van der Waals surface area contributed by atoms with Crippen LogP contribution in [0.15, 0.2) is 24.4 Å². The molecule has 3 rings (SSSR count). The van der Waals surface area contributed by atoms with Crippen LogP contribution < -0.4 is 11.1 Å². The Balaban J connectivity index is 1.76. The second-order valence-corrected chi connectivity index (χ2v) is 4.58. The van der Waals surface area contributed by atoms with Crippen LogP contribution in [0, 0.1) is 11.6 Å². The van der Waals surface area contributed by atoms with E-state index < -0.39 is 23.4 Å². The first kappa shape index (κ1) is 13.2. The van der Waals surface area contributed by atoms with Crippen LogP contribution in [0.1, 0.15) is 11.3 Å². The zero-order valence-electron chi connectivity index (χ0n) is 10.8. The molecular formula is C13H11F2N5O. The largest absolute Gasteiger partial charge is 0.368 e. The zero-order chi connectivity index (χ0) is 15.0. The van der Waals surface area contributed by atoms with Gasteiger partial charge in [0.25, 0.3) is 0 Å². The third-order valence-electron chi connectivity index (χ3n) is 3.16. The van der Waals surface area contributed by atoms with Gasteiger partial charge in [-0.3, -0.25) is 0 Å². The van der Waals surface area contributed by atoms with Gasteiger partial charge in [0.15, 0.2) is 0 Å². The standard InChI is InChI=1S/C13H11F2N5O/c14-8-2-1-3-9(15)11(8)19-13(21)20-5-7-4-17-12(16)18-10(7)6-20/h1-4H,5-6H2,(H,19,21)(H2,16,17,18). The van der Waals surface area contributed by atoms with E-state index in [1.807, 2.05) is 0 Å². The summed E-state index contributed by atoms with van der Waals surface area (Å²) in [6.45, 7) is 0.474. The maximum atomic E-state index is 13.5. The summed E-state index contributed by atoms with van der Waals surface area (Å²) in [5.74, 6) is -1.54. The number of benzene rings is 1. The monoisotopic (exact) mass is 291 g/mol. The normalized spacial score (nSPS) is 13.1. The minimum atomic E-state index is -0.830. The number of hydrogen-bond donors (Lipinski definition) is 2. The summed E-state index contributed by atoms with van der Waals surface area (Å²) in [6, 6.07) is 2.76. The van der Waals surface area contributed by atoms with Crippen molar-refractivity contribution in [3.63, 3.8) is 0 Å². The highest BCUT2D eigenvalue weighted by atomic mass is 19.1. The van der Waals surface area contributed by atoms with E-state index in [1.165, 1.54) is 17.2 Å². The Hall–Kier alpha value is -2.77. The Kier molecular flexibility index (Phi) is 3.13. The van der Waals surface area contributed by atoms with E-state index >= 15 is 0 Å². The van der Waals surface area contributed by atoms with Crippen molar-refractivity contribution in [1.82, 2.24) is 14.9 Å². The molecule has 0 bridgehead atoms. The van der Waals surface area contributed by atoms with Gasteiger partial charge in [0.1, 0.15) is 17.3 Å². The van der Waals surface area contributed by atoms with E-state index in [9.17, 15) is 13.6 Å². The lowest BCUT2D eigenvalue weighted by molar-refractivity contribution is 0.212. The summed E-state index contributed by atoms with van der Waals surface area (Å²) in [5.41, 5.74) is 6.40. The van der Waals surface area contributed by atoms with E-state index in [0.29, 0.717) is 5.69 Å². The van der Waals surface area contributed by atoms with Gasteiger partial charge in [-0.2, -0.15) is 0 Å². The number of nitrogen functional groups attached to an aromatic ring is 1. The number of carbonyl (C=O) groups excluding carboxylic acids is 1. The summed E-state index contributed by atoms with van der Waals surface area (Å²) in [5, 5.41) is 2.23. The number of hydrogen-bond acceptors (Lipinski definition) is 4. The number of nitrogens with two attached hydrogens (primary N) is 1. The van der Waals surface area contributed by atoms with Gasteiger partial charge < -0.3 is 16.0 Å². The molecule has 3 N–H and O–H groups in total. The third-order valence-corrected chi connectivity index (χ3v) is 3.16. The second kappa shape index (κ2) is 4.97. The van der Waals surface area contributed by atoms with E-state index in [4.69, 9.17) is 5.73 Å². The van der Waals surface area contributed by atoms with Crippen molar-refractivity contribution in [2.24, 2.45) is 0 Å². The van der Waals surface area contributed by atoms with Gasteiger partial charge in [-0.15, -0.1) is 0 Å². The van der Waals surface area contributed by atoms with Gasteiger partial charge >= 0.3 is 6.03 Å². The van der Waals surface area contributed by atoms with Crippen LogP contribution >= 0.6 is 0 Å². The number of anilines is 2. The van der Waals surface area contributed by atoms with Gasteiger partial charge in [-0.1, -0.05) is 6.07 Å². The van der Waals surface area contributed by atoms with E-state index in [0.717, 1.165) is 17.7 Å². The molecule has 0 saturated heterocycles. The molecule has 1 aliphatic heterocycles. The number of rotatable bonds is 1. The summed E-state index contributed by atoms with van der Waals surface area (Å²) in [4.78, 5) is 21.3. The smallest absolute Gasteiger partial charge is 0.322 e. The lowest BCUT2D eigenvalue weighted by Crippen LogP contribution is -2.31. The van der Waals surface area contributed by atoms with Gasteiger partial charge in [0.05, 0.1) is 18.8 Å². The van der Waals surface area contributed by atoms with Crippen molar-refractivity contribution in [3.05, 3.63) is 47.3 Å². The van der Waals surface area contributed by atoms with Crippen molar-refractivity contribution in [2.75, 3.05) is 11.1 Å². The number of carbonyl (C=O) groups is 1. The van der Waals surface area contributed by atoms with Gasteiger partial charge in [0.2, 0.25) is 5.95 Å². The maximum absolute atomic E-state index is 13.5. The summed E-state index contributed by atoms with van der Waals surface area (Å²) in [7, 11) is 0. The molecule has 1 aromatic carbocycles. The average Bonchev–Trinajstić information content (AvgIpc) is 2.86. The number of nitrogens with one attached hydrogen (secondary N) is 1. The molecule has 0 fully saturated rings. The van der Waals surface area contributed by atoms with Crippen LogP contribution in [0.3, 0.4) is 0 Å². The number of fused-ring (bicyclic) bond motifs is 1. The number of nitrogens with zero attached hydrogens (tertiary/aromatic N) is 3. The van der Waals surface area contributed by atoms with E-state index in [2.05, 4.69) is 15.3 Å². The molecule has 0 spiro atoms. The Labute approximate surface area is 118 Å². The van der Waals surface area contributed by atoms with E-state index in [-0.39, 0.29) is 19.0 Å². The molecule has 1 aromatic heterocycles. The topological polar surface area (TPSA) is 84.1 Å². The molecule has 2 amide bonds. The second-order valence-electron chi connectivity index (χ2n) is 4.58. The molecule has 2 heterocycles. The quantitative estimate of drug-likeness (QED) is 0.840. The fraction of sp³-hybridized carbons (Fsp3) is 0.154. The Morgan fingerprint density at radius 1 is 1.29 bits per heavy atom. The molecule has 6 nitrogen and oxygen atoms in total. The lowest BCUT2D eigenvalue weighted by Gasteiger charge is -2.16. The van der Waals surface area contributed by atoms with Crippen molar-refractivity contribution >= 4 is 17.7 Å². The van der Waals surface area contributed by atoms with Crippen LogP contribution in [-0.2, 0) is 13.1 Å². The molecule has 0 radical (unpaired) electrons. The van der Waals surface area contributed by atoms with Crippen LogP contribution in [0.4, 0.5) is 25.2 Å². The van der Waals surface area contributed by atoms with Gasteiger partial charge in [0, 0.05) is 11.8 Å². The van der Waals surface area contributed by atoms with E-state index in [1.54, 1.807) is 0 Å². The molecule has 0 saturated carbocycles. The Morgan fingerprint density at radius 2 is 2.00 bits per heavy atom. The first-order valence-corrected chi connectivity index (χ1v) is 6.15. The van der Waals surface area contributed by atoms with Gasteiger partial charge in [-0.25, -0.2) is 23.5 Å². The number of amides is 2. The minimum Gasteiger partial charge on any atom is -0.368 e. The highest BCUT2D eigenvalue weighted by Crippen LogP contribution is 2.23. The Morgan fingerprint density at radius 3 is 2.71 bits per heavy atom. The minimum absolute atomic E-state index is 0.121. The predicted molar refractivity (Wildman–Crippen MR) is 71.1 cm³/mol. The molecule has 2 aromatic rings. The number of halogens is 2. The van der Waals surface area contributed by atoms with Crippen LogP contribution in [-0.4, -0.2) is 20.9 Å². The first-order valence-electron chi connectivity index (χ1n) is 6.15. The van der Waals surface area contributed by atoms with Crippen molar-refractivity contribution in [2.45, 2.75) is 13.1 Å². The van der Waals surface area contributed by atoms with Crippen molar-refractivity contribution < 1.29 is 13.6 Å². The summed E-state index contributed by atoms with van der Waals surface area (Å²) >= 11 is 0. The molecule has 0 aliphatic carbocycles. The average molecular weight is 291 g/mol. The highest BCUT2D eigenvalue weighted by Gasteiger charge is 2.26. The molecule has 21 heavy (non-hydrogen) atoms. The maximum Gasteiger partial charge on any atom is 0.322 e. The SMILES string of the molecule is Nc1ncc2c(n1)CN(C(=O)Nc1c(F)cccc1F)C2. The highest BCUT2D eigenvalue weighted by molar-refractivity contribution is 5.89.